The van der Waals surface area contributed by atoms with Gasteiger partial charge in [-0.05, 0) is 6.07 Å². The minimum absolute atomic E-state index is 0.0686. The van der Waals surface area contributed by atoms with Gasteiger partial charge in [-0.2, -0.15) is 0 Å². The molecule has 6 unspecified atom stereocenters. The van der Waals surface area contributed by atoms with Crippen molar-refractivity contribution in [3.8, 4) is 11.5 Å². The number of carbonyl (C=O) groups excluding carboxylic acids is 1. The average molecular weight is 563 g/mol. The molecule has 6 rings (SSSR count). The number of benzene rings is 1. The van der Waals surface area contributed by atoms with Crippen molar-refractivity contribution in [3.63, 3.8) is 0 Å². The number of fused-ring (bicyclic) bond motifs is 3. The first-order valence-corrected chi connectivity index (χ1v) is 13.2. The van der Waals surface area contributed by atoms with Gasteiger partial charge in [0, 0.05) is 17.5 Å². The number of ether oxygens (including phenoxy) is 3. The lowest BCUT2D eigenvalue weighted by Gasteiger charge is -2.32. The Morgan fingerprint density at radius 1 is 1.28 bits per heavy atom. The number of aliphatic hydroxyl groups excluding tert-OH is 1. The van der Waals surface area contributed by atoms with E-state index in [4.69, 9.17) is 38.6 Å². The Hall–Kier alpha value is -3.66. The van der Waals surface area contributed by atoms with Crippen molar-refractivity contribution in [1.29, 1.82) is 0 Å². The standard InChI is InChI=1S/C22H22N5O11P/c23-20-17-21(25-8-24-20)27(9-26-17)22-18(31)19-14(37-22)6-35-39(32,38-19)34-5-10-3-16(30)36-13-4-11(1-2-12(10)13)33-7-15(28)29/h1-2,4,8-10,14,18-19,22,31H,3,5-7H2,(H,28,29)(H2,23,24,25). The van der Waals surface area contributed by atoms with Gasteiger partial charge in [-0.15, -0.1) is 0 Å². The van der Waals surface area contributed by atoms with Crippen LogP contribution in [-0.2, 0) is 32.5 Å². The summed E-state index contributed by atoms with van der Waals surface area (Å²) in [5.41, 5.74) is 7.07. The fourth-order valence-electron chi connectivity index (χ4n) is 4.66. The molecule has 3 aliphatic rings. The molecule has 2 saturated heterocycles. The maximum Gasteiger partial charge on any atom is 0.475 e. The maximum absolute atomic E-state index is 13.3. The highest BCUT2D eigenvalue weighted by atomic mass is 31.2. The molecule has 0 aliphatic carbocycles. The number of nitrogens with zero attached hydrogens (tertiary/aromatic N) is 4. The number of aromatic nitrogens is 4. The van der Waals surface area contributed by atoms with Crippen LogP contribution in [0.1, 0.15) is 24.1 Å². The second-order valence-electron chi connectivity index (χ2n) is 9.00. The van der Waals surface area contributed by atoms with Gasteiger partial charge < -0.3 is 30.2 Å². The van der Waals surface area contributed by atoms with Crippen molar-refractivity contribution in [1.82, 2.24) is 19.5 Å². The number of hydrogen-bond donors (Lipinski definition) is 3. The Labute approximate surface area is 219 Å². The van der Waals surface area contributed by atoms with Gasteiger partial charge in [0.15, 0.2) is 24.3 Å². The van der Waals surface area contributed by atoms with Crippen molar-refractivity contribution in [3.05, 3.63) is 36.4 Å². The summed E-state index contributed by atoms with van der Waals surface area (Å²) in [5.74, 6) is -1.74. The molecule has 0 spiro atoms. The molecule has 3 aromatic rings. The maximum atomic E-state index is 13.3. The van der Waals surface area contributed by atoms with E-state index in [9.17, 15) is 19.3 Å². The first kappa shape index (κ1) is 25.6. The number of hydrogen-bond acceptors (Lipinski definition) is 14. The molecule has 206 valence electrons. The topological polar surface area (TPSA) is 217 Å². The number of aliphatic carboxylic acids is 1. The van der Waals surface area contributed by atoms with Crippen LogP contribution in [0.5, 0.6) is 11.5 Å². The van der Waals surface area contributed by atoms with E-state index in [-0.39, 0.29) is 37.0 Å². The first-order chi connectivity index (χ1) is 18.7. The van der Waals surface area contributed by atoms with E-state index in [1.54, 1.807) is 6.07 Å². The van der Waals surface area contributed by atoms with Crippen LogP contribution >= 0.6 is 7.82 Å². The third-order valence-corrected chi connectivity index (χ3v) is 7.91. The fourth-order valence-corrected chi connectivity index (χ4v) is 6.11. The van der Waals surface area contributed by atoms with Crippen molar-refractivity contribution in [2.45, 2.75) is 36.9 Å². The van der Waals surface area contributed by atoms with Crippen LogP contribution in [-0.4, -0.2) is 79.8 Å². The van der Waals surface area contributed by atoms with E-state index in [2.05, 4.69) is 15.0 Å². The number of carboxylic acid groups (broad SMARTS) is 1. The molecule has 6 atom stereocenters. The minimum atomic E-state index is -4.16. The number of aliphatic hydroxyl groups is 1. The minimum Gasteiger partial charge on any atom is -0.482 e. The van der Waals surface area contributed by atoms with E-state index in [1.807, 2.05) is 0 Å². The molecule has 0 amide bonds. The van der Waals surface area contributed by atoms with Gasteiger partial charge >= 0.3 is 19.8 Å². The predicted octanol–water partition coefficient (Wildman–Crippen LogP) is 0.763. The SMILES string of the molecule is Nc1ncnc2c1ncn2C1OC2COP(=O)(OCC3CC(=O)Oc4cc(OCC(=O)O)ccc43)OC2C1O. The van der Waals surface area contributed by atoms with Gasteiger partial charge in [-0.25, -0.2) is 24.3 Å². The summed E-state index contributed by atoms with van der Waals surface area (Å²) in [5, 5.41) is 19.8. The van der Waals surface area contributed by atoms with Gasteiger partial charge in [0.25, 0.3) is 0 Å². The van der Waals surface area contributed by atoms with Crippen molar-refractivity contribution < 1.29 is 52.1 Å². The van der Waals surface area contributed by atoms with Crippen LogP contribution in [0.2, 0.25) is 0 Å². The summed E-state index contributed by atoms with van der Waals surface area (Å²) in [6.45, 7) is -0.976. The second-order valence-corrected chi connectivity index (χ2v) is 10.6. The van der Waals surface area contributed by atoms with Crippen LogP contribution in [0.15, 0.2) is 30.9 Å². The van der Waals surface area contributed by atoms with Gasteiger partial charge in [0.1, 0.15) is 41.7 Å². The zero-order valence-corrected chi connectivity index (χ0v) is 20.9. The predicted molar refractivity (Wildman–Crippen MR) is 127 cm³/mol. The summed E-state index contributed by atoms with van der Waals surface area (Å²) in [7, 11) is -4.16. The number of nitrogen functional groups attached to an aromatic ring is 1. The van der Waals surface area contributed by atoms with E-state index in [0.717, 1.165) is 0 Å². The molecule has 0 radical (unpaired) electrons. The number of carbonyl (C=O) groups is 2. The highest BCUT2D eigenvalue weighted by Gasteiger charge is 2.54. The van der Waals surface area contributed by atoms with Gasteiger partial charge in [-0.3, -0.25) is 22.9 Å². The molecule has 17 heteroatoms. The third-order valence-electron chi connectivity index (χ3n) is 6.48. The smallest absolute Gasteiger partial charge is 0.475 e. The highest BCUT2D eigenvalue weighted by molar-refractivity contribution is 7.48. The molecule has 0 bridgehead atoms. The number of phosphoric acid groups is 1. The molecule has 3 aliphatic heterocycles. The molecule has 2 aromatic heterocycles. The van der Waals surface area contributed by atoms with E-state index >= 15 is 0 Å². The second kappa shape index (κ2) is 9.82. The van der Waals surface area contributed by atoms with Gasteiger partial charge in [0.2, 0.25) is 0 Å². The highest BCUT2D eigenvalue weighted by Crippen LogP contribution is 2.57. The summed E-state index contributed by atoms with van der Waals surface area (Å²) in [6.07, 6.45) is -1.48. The van der Waals surface area contributed by atoms with Crippen molar-refractivity contribution in [2.24, 2.45) is 0 Å². The summed E-state index contributed by atoms with van der Waals surface area (Å²) < 4.78 is 47.7. The van der Waals surface area contributed by atoms with E-state index < -0.39 is 56.8 Å². The van der Waals surface area contributed by atoms with Crippen molar-refractivity contribution in [2.75, 3.05) is 25.6 Å². The van der Waals surface area contributed by atoms with Crippen LogP contribution < -0.4 is 15.2 Å². The largest absolute Gasteiger partial charge is 0.482 e. The van der Waals surface area contributed by atoms with Gasteiger partial charge in [0.05, 0.1) is 26.0 Å². The van der Waals surface area contributed by atoms with E-state index in [0.29, 0.717) is 16.7 Å². The molecule has 39 heavy (non-hydrogen) atoms. The Morgan fingerprint density at radius 3 is 2.95 bits per heavy atom. The summed E-state index contributed by atoms with van der Waals surface area (Å²) in [6, 6.07) is 4.53. The third kappa shape index (κ3) is 4.82. The number of phosphoric ester groups is 1. The number of carboxylic acids is 1. The van der Waals surface area contributed by atoms with Crippen molar-refractivity contribution >= 4 is 36.7 Å². The number of imidazole rings is 1. The monoisotopic (exact) mass is 563 g/mol. The molecule has 2 fully saturated rings. The summed E-state index contributed by atoms with van der Waals surface area (Å²) >= 11 is 0. The lowest BCUT2D eigenvalue weighted by atomic mass is 9.93. The molecule has 0 saturated carbocycles. The Balaban J connectivity index is 1.14. The number of anilines is 1. The van der Waals surface area contributed by atoms with Crippen LogP contribution in [0.4, 0.5) is 5.82 Å². The molecular formula is C22H22N5O11P. The van der Waals surface area contributed by atoms with Gasteiger partial charge in [-0.1, -0.05) is 6.07 Å². The zero-order valence-electron chi connectivity index (χ0n) is 20.0. The number of esters is 1. The molecule has 1 aromatic carbocycles. The average Bonchev–Trinajstić information content (AvgIpc) is 3.47. The Bertz CT molecular complexity index is 1500. The van der Waals surface area contributed by atoms with E-state index in [1.165, 1.54) is 29.4 Å². The molecule has 5 heterocycles. The molecule has 4 N–H and O–H groups in total. The lowest BCUT2D eigenvalue weighted by Crippen LogP contribution is -2.39. The fraction of sp³-hybridized carbons (Fsp3) is 0.409. The quantitative estimate of drug-likeness (QED) is 0.205. The van der Waals surface area contributed by atoms with Crippen LogP contribution in [0.3, 0.4) is 0 Å². The summed E-state index contributed by atoms with van der Waals surface area (Å²) in [4.78, 5) is 35.1. The lowest BCUT2D eigenvalue weighted by molar-refractivity contribution is -0.139. The Morgan fingerprint density at radius 2 is 2.13 bits per heavy atom. The van der Waals surface area contributed by atoms with Crippen LogP contribution in [0.25, 0.3) is 11.2 Å². The Kier molecular flexibility index (Phi) is 6.45. The number of nitrogens with two attached hydrogens (primary N) is 1. The molecule has 16 nitrogen and oxygen atoms in total. The van der Waals surface area contributed by atoms with Crippen LogP contribution in [0, 0.1) is 0 Å². The molecular weight excluding hydrogens is 541 g/mol. The zero-order chi connectivity index (χ0) is 27.3. The first-order valence-electron chi connectivity index (χ1n) is 11.7. The normalized spacial score (nSPS) is 30.0. The number of rotatable bonds is 7.